The topological polar surface area (TPSA) is 87.8 Å². The van der Waals surface area contributed by atoms with E-state index >= 15 is 0 Å². The Morgan fingerprint density at radius 2 is 1.88 bits per heavy atom. The van der Waals surface area contributed by atoms with Crippen molar-refractivity contribution in [1.29, 1.82) is 5.26 Å². The van der Waals surface area contributed by atoms with E-state index in [2.05, 4.69) is 26.8 Å². The third-order valence-electron chi connectivity index (χ3n) is 5.37. The van der Waals surface area contributed by atoms with Crippen molar-refractivity contribution < 1.29 is 4.74 Å². The van der Waals surface area contributed by atoms with Crippen molar-refractivity contribution >= 4 is 5.69 Å². The summed E-state index contributed by atoms with van der Waals surface area (Å²) in [6.07, 6.45) is 6.50. The maximum Gasteiger partial charge on any atom is 0.237 e. The first-order valence-electron chi connectivity index (χ1n) is 11.3. The first-order valence-corrected chi connectivity index (χ1v) is 11.3. The molecule has 0 saturated heterocycles. The van der Waals surface area contributed by atoms with Crippen LogP contribution < -0.4 is 15.4 Å². The second kappa shape index (κ2) is 11.6. The SMILES string of the molecule is Cn1cc(-c2cnc3c(c2)NCC(CNCCc2cccc(C#N)c2)O3)cn1.c1ccccc1. The molecule has 4 aromatic rings. The van der Waals surface area contributed by atoms with E-state index in [4.69, 9.17) is 10.00 Å². The number of aryl methyl sites for hydroxylation is 1. The number of nitrogens with one attached hydrogen (secondary N) is 2. The van der Waals surface area contributed by atoms with Gasteiger partial charge in [0, 0.05) is 37.1 Å². The predicted octanol–water partition coefficient (Wildman–Crippen LogP) is 4.05. The van der Waals surface area contributed by atoms with Crippen molar-refractivity contribution in [3.05, 3.63) is 96.4 Å². The van der Waals surface area contributed by atoms with Gasteiger partial charge in [-0.05, 0) is 36.7 Å². The summed E-state index contributed by atoms with van der Waals surface area (Å²) < 4.78 is 7.79. The fourth-order valence-electron chi connectivity index (χ4n) is 3.62. The minimum atomic E-state index is 0.0229. The molecule has 0 aliphatic carbocycles. The molecule has 0 saturated carbocycles. The van der Waals surface area contributed by atoms with Crippen LogP contribution in [-0.2, 0) is 13.5 Å². The minimum Gasteiger partial charge on any atom is -0.470 e. The highest BCUT2D eigenvalue weighted by molar-refractivity contribution is 5.69. The van der Waals surface area contributed by atoms with Gasteiger partial charge >= 0.3 is 0 Å². The van der Waals surface area contributed by atoms with Crippen molar-refractivity contribution in [3.63, 3.8) is 0 Å². The summed E-state index contributed by atoms with van der Waals surface area (Å²) in [5.74, 6) is 0.632. The number of aromatic nitrogens is 3. The van der Waals surface area contributed by atoms with Crippen LogP contribution in [0.1, 0.15) is 11.1 Å². The molecule has 2 aromatic heterocycles. The number of hydrogen-bond donors (Lipinski definition) is 2. The molecule has 172 valence electrons. The summed E-state index contributed by atoms with van der Waals surface area (Å²) in [5.41, 5.74) is 4.81. The summed E-state index contributed by atoms with van der Waals surface area (Å²) in [6, 6.07) is 23.9. The van der Waals surface area contributed by atoms with E-state index in [1.807, 2.05) is 92.4 Å². The molecular formula is C27H28N6O. The number of benzene rings is 2. The second-order valence-corrected chi connectivity index (χ2v) is 8.02. The van der Waals surface area contributed by atoms with Crippen molar-refractivity contribution in [2.45, 2.75) is 12.5 Å². The van der Waals surface area contributed by atoms with Gasteiger partial charge < -0.3 is 15.4 Å². The zero-order chi connectivity index (χ0) is 23.6. The van der Waals surface area contributed by atoms with Gasteiger partial charge in [-0.1, -0.05) is 48.5 Å². The smallest absolute Gasteiger partial charge is 0.237 e. The first kappa shape index (κ1) is 23.0. The molecule has 3 heterocycles. The Morgan fingerprint density at radius 1 is 1.09 bits per heavy atom. The number of nitriles is 1. The molecule has 0 bridgehead atoms. The molecule has 1 aliphatic rings. The molecule has 1 atom stereocenters. The lowest BCUT2D eigenvalue weighted by Gasteiger charge is -2.27. The van der Waals surface area contributed by atoms with Crippen LogP contribution >= 0.6 is 0 Å². The molecule has 0 amide bonds. The second-order valence-electron chi connectivity index (χ2n) is 8.02. The van der Waals surface area contributed by atoms with Gasteiger partial charge in [-0.15, -0.1) is 0 Å². The van der Waals surface area contributed by atoms with Crippen LogP contribution in [0.2, 0.25) is 0 Å². The van der Waals surface area contributed by atoms with Gasteiger partial charge in [0.05, 0.1) is 30.1 Å². The average Bonchev–Trinajstić information content (AvgIpc) is 3.34. The van der Waals surface area contributed by atoms with Crippen LogP contribution in [0.25, 0.3) is 11.1 Å². The van der Waals surface area contributed by atoms with Gasteiger partial charge in [0.1, 0.15) is 6.10 Å². The van der Waals surface area contributed by atoms with Gasteiger partial charge in [0.25, 0.3) is 0 Å². The fourth-order valence-corrected chi connectivity index (χ4v) is 3.62. The molecule has 2 aromatic carbocycles. The predicted molar refractivity (Wildman–Crippen MR) is 134 cm³/mol. The standard InChI is InChI=1S/C21H22N6O.C6H6/c1-27-14-18(11-26-27)17-8-20-21(25-10-17)28-19(13-24-20)12-23-6-5-15-3-2-4-16(7-15)9-22;1-2-4-6-5-3-1/h2-4,7-8,10-11,14,19,23-24H,5-6,12-13H2,1H3;1-6H. The Bertz CT molecular complexity index is 1200. The van der Waals surface area contributed by atoms with Crippen molar-refractivity contribution in [2.75, 3.05) is 25.0 Å². The minimum absolute atomic E-state index is 0.0229. The first-order chi connectivity index (χ1) is 16.7. The van der Waals surface area contributed by atoms with E-state index in [0.717, 1.165) is 48.4 Å². The molecule has 5 rings (SSSR count). The lowest BCUT2D eigenvalue weighted by molar-refractivity contribution is 0.194. The number of anilines is 1. The Hall–Kier alpha value is -4.15. The third-order valence-corrected chi connectivity index (χ3v) is 5.37. The lowest BCUT2D eigenvalue weighted by atomic mass is 10.1. The zero-order valence-electron chi connectivity index (χ0n) is 19.2. The Morgan fingerprint density at radius 3 is 2.59 bits per heavy atom. The zero-order valence-corrected chi connectivity index (χ0v) is 19.2. The monoisotopic (exact) mass is 452 g/mol. The average molecular weight is 453 g/mol. The maximum atomic E-state index is 8.97. The van der Waals surface area contributed by atoms with E-state index in [0.29, 0.717) is 11.4 Å². The van der Waals surface area contributed by atoms with Gasteiger partial charge in [-0.3, -0.25) is 4.68 Å². The van der Waals surface area contributed by atoms with Crippen LogP contribution in [0, 0.1) is 11.3 Å². The summed E-state index contributed by atoms with van der Waals surface area (Å²) in [7, 11) is 1.90. The van der Waals surface area contributed by atoms with E-state index in [9.17, 15) is 0 Å². The Labute approximate surface area is 200 Å². The molecule has 0 radical (unpaired) electrons. The lowest BCUT2D eigenvalue weighted by Crippen LogP contribution is -2.40. The van der Waals surface area contributed by atoms with Crippen LogP contribution in [0.5, 0.6) is 5.88 Å². The molecule has 7 nitrogen and oxygen atoms in total. The largest absolute Gasteiger partial charge is 0.470 e. The molecular weight excluding hydrogens is 424 g/mol. The quantitative estimate of drug-likeness (QED) is 0.429. The summed E-state index contributed by atoms with van der Waals surface area (Å²) in [5, 5.41) is 20.0. The number of pyridine rings is 1. The Balaban J connectivity index is 0.000000398. The Kier molecular flexibility index (Phi) is 7.88. The van der Waals surface area contributed by atoms with E-state index in [1.165, 1.54) is 0 Å². The van der Waals surface area contributed by atoms with Gasteiger partial charge in [-0.2, -0.15) is 10.4 Å². The number of nitrogens with zero attached hydrogens (tertiary/aromatic N) is 4. The molecule has 1 unspecified atom stereocenters. The van der Waals surface area contributed by atoms with Crippen LogP contribution in [0.4, 0.5) is 5.69 Å². The fraction of sp³-hybridized carbons (Fsp3) is 0.222. The van der Waals surface area contributed by atoms with Crippen molar-refractivity contribution in [3.8, 4) is 23.1 Å². The van der Waals surface area contributed by atoms with Gasteiger partial charge in [0.15, 0.2) is 0 Å². The highest BCUT2D eigenvalue weighted by Gasteiger charge is 2.20. The molecule has 34 heavy (non-hydrogen) atoms. The molecule has 0 spiro atoms. The molecule has 0 fully saturated rings. The maximum absolute atomic E-state index is 8.97. The summed E-state index contributed by atoms with van der Waals surface area (Å²) in [6.45, 7) is 2.29. The van der Waals surface area contributed by atoms with Crippen molar-refractivity contribution in [1.82, 2.24) is 20.1 Å². The van der Waals surface area contributed by atoms with E-state index in [-0.39, 0.29) is 6.10 Å². The van der Waals surface area contributed by atoms with Crippen molar-refractivity contribution in [2.24, 2.45) is 7.05 Å². The van der Waals surface area contributed by atoms with Crippen LogP contribution in [-0.4, -0.2) is 40.5 Å². The number of rotatable bonds is 6. The summed E-state index contributed by atoms with van der Waals surface area (Å²) in [4.78, 5) is 4.47. The van der Waals surface area contributed by atoms with E-state index < -0.39 is 0 Å². The van der Waals surface area contributed by atoms with Crippen LogP contribution in [0.3, 0.4) is 0 Å². The third kappa shape index (κ3) is 6.44. The molecule has 7 heteroatoms. The normalized spacial score (nSPS) is 13.9. The molecule has 2 N–H and O–H groups in total. The van der Waals surface area contributed by atoms with Gasteiger partial charge in [-0.25, -0.2) is 4.98 Å². The van der Waals surface area contributed by atoms with E-state index in [1.54, 1.807) is 4.68 Å². The highest BCUT2D eigenvalue weighted by Crippen LogP contribution is 2.30. The van der Waals surface area contributed by atoms with Gasteiger partial charge in [0.2, 0.25) is 5.88 Å². The number of ether oxygens (including phenoxy) is 1. The summed E-state index contributed by atoms with van der Waals surface area (Å²) >= 11 is 0. The number of fused-ring (bicyclic) bond motifs is 1. The molecule has 1 aliphatic heterocycles. The highest BCUT2D eigenvalue weighted by atomic mass is 16.5. The number of hydrogen-bond acceptors (Lipinski definition) is 6. The van der Waals surface area contributed by atoms with Crippen LogP contribution in [0.15, 0.2) is 85.3 Å².